The van der Waals surface area contributed by atoms with E-state index in [0.29, 0.717) is 29.9 Å². The number of morpholine rings is 1. The Morgan fingerprint density at radius 2 is 2.32 bits per heavy atom. The number of fused-ring (bicyclic) bond motifs is 1. The molecule has 1 aliphatic heterocycles. The van der Waals surface area contributed by atoms with Gasteiger partial charge in [-0.05, 0) is 18.4 Å². The number of carbonyl (C=O) groups excluding carboxylic acids is 2. The molecule has 8 nitrogen and oxygen atoms in total. The molecule has 9 heteroatoms. The molecule has 1 amide bonds. The Balaban J connectivity index is 1.48. The van der Waals surface area contributed by atoms with Gasteiger partial charge in [0.1, 0.15) is 4.83 Å². The van der Waals surface area contributed by atoms with E-state index in [-0.39, 0.29) is 37.1 Å². The number of amides is 1. The zero-order chi connectivity index (χ0) is 17.8. The Kier molecular flexibility index (Phi) is 5.44. The van der Waals surface area contributed by atoms with Crippen molar-refractivity contribution in [3.63, 3.8) is 0 Å². The van der Waals surface area contributed by atoms with Crippen molar-refractivity contribution in [2.24, 2.45) is 0 Å². The minimum Gasteiger partial charge on any atom is -0.456 e. The third-order valence-electron chi connectivity index (χ3n) is 3.96. The predicted molar refractivity (Wildman–Crippen MR) is 91.5 cm³/mol. The van der Waals surface area contributed by atoms with Crippen molar-refractivity contribution < 1.29 is 19.1 Å². The molecule has 0 saturated carbocycles. The Labute approximate surface area is 148 Å². The van der Waals surface area contributed by atoms with E-state index < -0.39 is 5.97 Å². The van der Waals surface area contributed by atoms with Gasteiger partial charge in [0.25, 0.3) is 11.5 Å². The molecule has 3 heterocycles. The number of aryl methyl sites for hydroxylation is 1. The zero-order valence-electron chi connectivity index (χ0n) is 13.8. The number of hydrogen-bond donors (Lipinski definition) is 0. The average Bonchev–Trinajstić information content (AvgIpc) is 3.08. The van der Waals surface area contributed by atoms with Gasteiger partial charge in [0.15, 0.2) is 6.61 Å². The number of nitrogens with zero attached hydrogens (tertiary/aromatic N) is 3. The summed E-state index contributed by atoms with van der Waals surface area (Å²) in [6, 6.07) is 1.71. The van der Waals surface area contributed by atoms with E-state index in [4.69, 9.17) is 9.47 Å². The second-order valence-corrected chi connectivity index (χ2v) is 6.71. The summed E-state index contributed by atoms with van der Waals surface area (Å²) in [5, 5.41) is 2.34. The smallest absolute Gasteiger partial charge is 0.308 e. The van der Waals surface area contributed by atoms with Crippen molar-refractivity contribution >= 4 is 33.4 Å². The molecule has 0 aromatic carbocycles. The van der Waals surface area contributed by atoms with Gasteiger partial charge in [-0.15, -0.1) is 11.3 Å². The van der Waals surface area contributed by atoms with Crippen LogP contribution in [-0.4, -0.2) is 58.7 Å². The molecule has 134 valence electrons. The topological polar surface area (TPSA) is 90.7 Å². The van der Waals surface area contributed by atoms with Crippen LogP contribution < -0.4 is 5.56 Å². The quantitative estimate of drug-likeness (QED) is 0.722. The minimum absolute atomic E-state index is 0.00399. The molecule has 0 N–H and O–H groups in total. The largest absolute Gasteiger partial charge is 0.456 e. The van der Waals surface area contributed by atoms with Crippen LogP contribution in [0.5, 0.6) is 0 Å². The van der Waals surface area contributed by atoms with Crippen LogP contribution in [0.15, 0.2) is 22.6 Å². The normalized spacial score (nSPS) is 17.6. The summed E-state index contributed by atoms with van der Waals surface area (Å²) in [7, 11) is 0. The van der Waals surface area contributed by atoms with Crippen LogP contribution in [0.4, 0.5) is 0 Å². The molecule has 1 saturated heterocycles. The average molecular weight is 365 g/mol. The van der Waals surface area contributed by atoms with Gasteiger partial charge < -0.3 is 14.4 Å². The third kappa shape index (κ3) is 4.23. The van der Waals surface area contributed by atoms with E-state index in [1.807, 2.05) is 6.92 Å². The first-order chi connectivity index (χ1) is 12.0. The molecule has 1 aliphatic rings. The Morgan fingerprint density at radius 3 is 3.12 bits per heavy atom. The lowest BCUT2D eigenvalue weighted by atomic mass is 10.3. The van der Waals surface area contributed by atoms with Crippen molar-refractivity contribution in [3.8, 4) is 0 Å². The number of aromatic nitrogens is 2. The van der Waals surface area contributed by atoms with E-state index in [0.717, 1.165) is 0 Å². The first-order valence-electron chi connectivity index (χ1n) is 8.02. The summed E-state index contributed by atoms with van der Waals surface area (Å²) in [6.07, 6.45) is 1.42. The van der Waals surface area contributed by atoms with Gasteiger partial charge in [-0.2, -0.15) is 0 Å². The fourth-order valence-electron chi connectivity index (χ4n) is 2.61. The van der Waals surface area contributed by atoms with E-state index in [1.165, 1.54) is 22.2 Å². The van der Waals surface area contributed by atoms with Crippen LogP contribution in [0.3, 0.4) is 0 Å². The molecule has 25 heavy (non-hydrogen) atoms. The second-order valence-electron chi connectivity index (χ2n) is 5.81. The maximum atomic E-state index is 12.2. The summed E-state index contributed by atoms with van der Waals surface area (Å²) in [5.41, 5.74) is -0.183. The van der Waals surface area contributed by atoms with Crippen molar-refractivity contribution in [2.45, 2.75) is 26.0 Å². The highest BCUT2D eigenvalue weighted by atomic mass is 32.1. The molecule has 2 aromatic heterocycles. The summed E-state index contributed by atoms with van der Waals surface area (Å²) in [4.78, 5) is 42.6. The van der Waals surface area contributed by atoms with E-state index in [2.05, 4.69) is 4.98 Å². The zero-order valence-corrected chi connectivity index (χ0v) is 14.7. The highest BCUT2D eigenvalue weighted by molar-refractivity contribution is 7.16. The van der Waals surface area contributed by atoms with Gasteiger partial charge in [0.2, 0.25) is 0 Å². The predicted octanol–water partition coefficient (Wildman–Crippen LogP) is 0.639. The maximum absolute atomic E-state index is 12.2. The van der Waals surface area contributed by atoms with Crippen LogP contribution in [-0.2, 0) is 25.6 Å². The molecular weight excluding hydrogens is 346 g/mol. The SMILES string of the molecule is CC1CN(C(=O)COC(=O)CCn2cnc3sccc3c2=O)CCO1. The molecule has 1 atom stereocenters. The maximum Gasteiger partial charge on any atom is 0.308 e. The monoisotopic (exact) mass is 365 g/mol. The molecule has 2 aromatic rings. The molecule has 0 bridgehead atoms. The third-order valence-corrected chi connectivity index (χ3v) is 4.78. The fraction of sp³-hybridized carbons (Fsp3) is 0.500. The standard InChI is InChI=1S/C16H19N3O5S/c1-11-8-18(5-6-23-11)13(20)9-24-14(21)2-4-19-10-17-15-12(16(19)22)3-7-25-15/h3,7,10-11H,2,4-6,8-9H2,1H3. The first kappa shape index (κ1) is 17.6. The van der Waals surface area contributed by atoms with Gasteiger partial charge in [0, 0.05) is 19.6 Å². The summed E-state index contributed by atoms with van der Waals surface area (Å²) in [6.45, 7) is 3.26. The van der Waals surface area contributed by atoms with Gasteiger partial charge in [0.05, 0.1) is 30.8 Å². The Morgan fingerprint density at radius 1 is 1.48 bits per heavy atom. The van der Waals surface area contributed by atoms with Crippen molar-refractivity contribution in [3.05, 3.63) is 28.1 Å². The van der Waals surface area contributed by atoms with Crippen LogP contribution in [0.25, 0.3) is 10.2 Å². The van der Waals surface area contributed by atoms with Gasteiger partial charge in [-0.25, -0.2) is 4.98 Å². The highest BCUT2D eigenvalue weighted by Crippen LogP contribution is 2.13. The molecule has 0 spiro atoms. The lowest BCUT2D eigenvalue weighted by molar-refractivity contribution is -0.155. The van der Waals surface area contributed by atoms with Crippen LogP contribution in [0.1, 0.15) is 13.3 Å². The van der Waals surface area contributed by atoms with Gasteiger partial charge in [-0.1, -0.05) is 0 Å². The molecule has 0 aliphatic carbocycles. The summed E-state index contributed by atoms with van der Waals surface area (Å²) >= 11 is 1.39. The summed E-state index contributed by atoms with van der Waals surface area (Å²) in [5.74, 6) is -0.756. The number of thiophene rings is 1. The highest BCUT2D eigenvalue weighted by Gasteiger charge is 2.22. The number of rotatable bonds is 5. The number of esters is 1. The first-order valence-corrected chi connectivity index (χ1v) is 8.90. The van der Waals surface area contributed by atoms with Crippen molar-refractivity contribution in [1.82, 2.24) is 14.5 Å². The molecule has 0 radical (unpaired) electrons. The number of hydrogen-bond acceptors (Lipinski definition) is 7. The van der Waals surface area contributed by atoms with Crippen LogP contribution in [0.2, 0.25) is 0 Å². The fourth-order valence-corrected chi connectivity index (χ4v) is 3.34. The minimum atomic E-state index is -0.521. The molecule has 1 unspecified atom stereocenters. The molecule has 1 fully saturated rings. The molecule has 3 rings (SSSR count). The van der Waals surface area contributed by atoms with Crippen LogP contribution >= 0.6 is 11.3 Å². The van der Waals surface area contributed by atoms with Gasteiger partial charge >= 0.3 is 5.97 Å². The Hall–Kier alpha value is -2.26. The number of ether oxygens (including phenoxy) is 2. The lowest BCUT2D eigenvalue weighted by Gasteiger charge is -2.30. The van der Waals surface area contributed by atoms with Crippen LogP contribution in [0, 0.1) is 0 Å². The van der Waals surface area contributed by atoms with Crippen molar-refractivity contribution in [2.75, 3.05) is 26.3 Å². The van der Waals surface area contributed by atoms with E-state index in [1.54, 1.807) is 16.3 Å². The summed E-state index contributed by atoms with van der Waals surface area (Å²) < 4.78 is 11.8. The van der Waals surface area contributed by atoms with E-state index >= 15 is 0 Å². The Bertz CT molecular complexity index is 831. The van der Waals surface area contributed by atoms with Gasteiger partial charge in [-0.3, -0.25) is 19.0 Å². The second kappa shape index (κ2) is 7.75. The van der Waals surface area contributed by atoms with E-state index in [9.17, 15) is 14.4 Å². The lowest BCUT2D eigenvalue weighted by Crippen LogP contribution is -2.46. The molecular formula is C16H19N3O5S. The number of carbonyl (C=O) groups is 2. The van der Waals surface area contributed by atoms with Crippen molar-refractivity contribution in [1.29, 1.82) is 0 Å².